The van der Waals surface area contributed by atoms with Crippen LogP contribution in [-0.2, 0) is 14.3 Å². The minimum atomic E-state index is -0.251. The molecule has 2 aliphatic carbocycles. The van der Waals surface area contributed by atoms with E-state index in [-0.39, 0.29) is 41.5 Å². The lowest BCUT2D eigenvalue weighted by Gasteiger charge is -2.46. The van der Waals surface area contributed by atoms with E-state index in [9.17, 15) is 9.59 Å². The molecular formula is C14H16O3. The molecule has 90 valence electrons. The number of carbonyl (C=O) groups is 2. The van der Waals surface area contributed by atoms with E-state index in [1.54, 1.807) is 12.2 Å². The number of fused-ring (bicyclic) bond motifs is 3. The maximum Gasteiger partial charge on any atom is 0.161 e. The average Bonchev–Trinajstić information content (AvgIpc) is 2.30. The van der Waals surface area contributed by atoms with Crippen LogP contribution in [0, 0.1) is 17.8 Å². The minimum Gasteiger partial charge on any atom is -0.374 e. The fourth-order valence-corrected chi connectivity index (χ4v) is 3.42. The second-order valence-electron chi connectivity index (χ2n) is 5.18. The molecule has 0 aromatic heterocycles. The van der Waals surface area contributed by atoms with E-state index in [0.29, 0.717) is 0 Å². The summed E-state index contributed by atoms with van der Waals surface area (Å²) in [5, 5.41) is 0. The molecule has 0 spiro atoms. The summed E-state index contributed by atoms with van der Waals surface area (Å²) in [6.07, 6.45) is 8.59. The Morgan fingerprint density at radius 2 is 1.71 bits per heavy atom. The Bertz CT molecular complexity index is 421. The van der Waals surface area contributed by atoms with Gasteiger partial charge in [-0.3, -0.25) is 9.59 Å². The molecule has 0 saturated carbocycles. The molecule has 0 bridgehead atoms. The van der Waals surface area contributed by atoms with Gasteiger partial charge >= 0.3 is 0 Å². The summed E-state index contributed by atoms with van der Waals surface area (Å²) in [5.74, 6) is -0.0732. The molecule has 0 N–H and O–H groups in total. The first-order valence-electron chi connectivity index (χ1n) is 6.24. The Labute approximate surface area is 101 Å². The number of carbonyl (C=O) groups excluding carboxylic acids is 2. The highest BCUT2D eigenvalue weighted by atomic mass is 16.5. The molecule has 0 unspecified atom stereocenters. The van der Waals surface area contributed by atoms with Crippen molar-refractivity contribution in [2.45, 2.75) is 32.0 Å². The molecule has 3 nitrogen and oxygen atoms in total. The van der Waals surface area contributed by atoms with Gasteiger partial charge in [0.25, 0.3) is 0 Å². The Kier molecular flexibility index (Phi) is 2.51. The summed E-state index contributed by atoms with van der Waals surface area (Å²) in [6.45, 7) is 2.02. The van der Waals surface area contributed by atoms with E-state index in [1.165, 1.54) is 0 Å². The van der Waals surface area contributed by atoms with Crippen molar-refractivity contribution in [2.24, 2.45) is 17.8 Å². The summed E-state index contributed by atoms with van der Waals surface area (Å²) >= 11 is 0. The zero-order valence-electron chi connectivity index (χ0n) is 9.84. The first kappa shape index (κ1) is 10.9. The SMILES string of the molecule is C[C@H]1O[C@@H]2CC=CC(=O)[C@H]2[C@@H]2C(=O)C=CC[C@H]21. The van der Waals surface area contributed by atoms with E-state index in [0.717, 1.165) is 12.8 Å². The van der Waals surface area contributed by atoms with Crippen molar-refractivity contribution in [2.75, 3.05) is 0 Å². The van der Waals surface area contributed by atoms with Gasteiger partial charge in [-0.15, -0.1) is 0 Å². The van der Waals surface area contributed by atoms with Crippen LogP contribution in [0.15, 0.2) is 24.3 Å². The van der Waals surface area contributed by atoms with E-state index in [2.05, 4.69) is 0 Å². The van der Waals surface area contributed by atoms with Crippen molar-refractivity contribution in [1.29, 1.82) is 0 Å². The molecule has 3 aliphatic rings. The van der Waals surface area contributed by atoms with Crippen LogP contribution in [0.3, 0.4) is 0 Å². The first-order valence-corrected chi connectivity index (χ1v) is 6.24. The van der Waals surface area contributed by atoms with Gasteiger partial charge in [-0.2, -0.15) is 0 Å². The number of hydrogen-bond acceptors (Lipinski definition) is 3. The molecule has 3 rings (SSSR count). The molecule has 0 aromatic carbocycles. The second kappa shape index (κ2) is 3.91. The standard InChI is InChI=1S/C14H16O3/c1-8-9-4-2-5-10(15)13(9)14-11(16)6-3-7-12(14)17-8/h2-3,5-6,8-9,12-14H,4,7H2,1H3/t8-,9+,12-,13+,14-/m1/s1. The summed E-state index contributed by atoms with van der Waals surface area (Å²) in [6, 6.07) is 0. The number of allylic oxidation sites excluding steroid dienone is 3. The van der Waals surface area contributed by atoms with Gasteiger partial charge < -0.3 is 4.74 Å². The maximum atomic E-state index is 12.1. The van der Waals surface area contributed by atoms with E-state index >= 15 is 0 Å². The minimum absolute atomic E-state index is 0.0619. The summed E-state index contributed by atoms with van der Waals surface area (Å²) in [7, 11) is 0. The van der Waals surface area contributed by atoms with Gasteiger partial charge in [-0.25, -0.2) is 0 Å². The predicted octanol–water partition coefficient (Wildman–Crippen LogP) is 1.68. The molecule has 0 radical (unpaired) electrons. The molecule has 1 saturated heterocycles. The number of rotatable bonds is 0. The third-order valence-corrected chi connectivity index (χ3v) is 4.24. The fraction of sp³-hybridized carbons (Fsp3) is 0.571. The first-order chi connectivity index (χ1) is 8.18. The van der Waals surface area contributed by atoms with Crippen LogP contribution < -0.4 is 0 Å². The van der Waals surface area contributed by atoms with Gasteiger partial charge in [0.2, 0.25) is 0 Å². The summed E-state index contributed by atoms with van der Waals surface area (Å²) < 4.78 is 5.92. The van der Waals surface area contributed by atoms with Gasteiger partial charge in [0.15, 0.2) is 11.6 Å². The average molecular weight is 232 g/mol. The Balaban J connectivity index is 2.00. The lowest BCUT2D eigenvalue weighted by molar-refractivity contribution is -0.164. The highest BCUT2D eigenvalue weighted by Crippen LogP contribution is 2.43. The number of ether oxygens (including phenoxy) is 1. The van der Waals surface area contributed by atoms with E-state index < -0.39 is 0 Å². The molecule has 5 atom stereocenters. The normalized spacial score (nSPS) is 44.4. The van der Waals surface area contributed by atoms with Crippen molar-refractivity contribution in [3.8, 4) is 0 Å². The molecule has 17 heavy (non-hydrogen) atoms. The van der Waals surface area contributed by atoms with Crippen molar-refractivity contribution in [1.82, 2.24) is 0 Å². The number of ketones is 2. The third kappa shape index (κ3) is 1.61. The molecule has 1 fully saturated rings. The second-order valence-corrected chi connectivity index (χ2v) is 5.18. The highest BCUT2D eigenvalue weighted by Gasteiger charge is 2.50. The Hall–Kier alpha value is -1.22. The molecule has 3 heteroatoms. The van der Waals surface area contributed by atoms with Crippen molar-refractivity contribution >= 4 is 11.6 Å². The summed E-state index contributed by atoms with van der Waals surface area (Å²) in [5.41, 5.74) is 0. The van der Waals surface area contributed by atoms with Crippen LogP contribution in [0.2, 0.25) is 0 Å². The van der Waals surface area contributed by atoms with E-state index in [4.69, 9.17) is 4.74 Å². The van der Waals surface area contributed by atoms with Gasteiger partial charge in [0, 0.05) is 5.92 Å². The van der Waals surface area contributed by atoms with Crippen molar-refractivity contribution in [3.05, 3.63) is 24.3 Å². The highest BCUT2D eigenvalue weighted by molar-refractivity contribution is 6.01. The Morgan fingerprint density at radius 1 is 1.06 bits per heavy atom. The largest absolute Gasteiger partial charge is 0.374 e. The van der Waals surface area contributed by atoms with Crippen molar-refractivity contribution < 1.29 is 14.3 Å². The van der Waals surface area contributed by atoms with Gasteiger partial charge in [-0.05, 0) is 37.8 Å². The van der Waals surface area contributed by atoms with Gasteiger partial charge in [-0.1, -0.05) is 12.2 Å². The number of hydrogen-bond donors (Lipinski definition) is 0. The maximum absolute atomic E-state index is 12.1. The van der Waals surface area contributed by atoms with E-state index in [1.807, 2.05) is 19.1 Å². The lowest BCUT2D eigenvalue weighted by atomic mass is 9.65. The zero-order chi connectivity index (χ0) is 12.0. The van der Waals surface area contributed by atoms with Crippen LogP contribution in [0.25, 0.3) is 0 Å². The van der Waals surface area contributed by atoms with Crippen LogP contribution in [0.1, 0.15) is 19.8 Å². The monoisotopic (exact) mass is 232 g/mol. The van der Waals surface area contributed by atoms with Crippen LogP contribution >= 0.6 is 0 Å². The molecule has 1 aliphatic heterocycles. The van der Waals surface area contributed by atoms with Crippen LogP contribution in [0.4, 0.5) is 0 Å². The van der Waals surface area contributed by atoms with Crippen LogP contribution in [0.5, 0.6) is 0 Å². The predicted molar refractivity (Wildman–Crippen MR) is 62.3 cm³/mol. The smallest absolute Gasteiger partial charge is 0.161 e. The lowest BCUT2D eigenvalue weighted by Crippen LogP contribution is -2.53. The fourth-order valence-electron chi connectivity index (χ4n) is 3.42. The topological polar surface area (TPSA) is 43.4 Å². The Morgan fingerprint density at radius 3 is 2.47 bits per heavy atom. The molecular weight excluding hydrogens is 216 g/mol. The van der Waals surface area contributed by atoms with Gasteiger partial charge in [0.05, 0.1) is 18.1 Å². The third-order valence-electron chi connectivity index (χ3n) is 4.24. The summed E-state index contributed by atoms with van der Waals surface area (Å²) in [4.78, 5) is 24.0. The van der Waals surface area contributed by atoms with Gasteiger partial charge in [0.1, 0.15) is 0 Å². The quantitative estimate of drug-likeness (QED) is 0.638. The molecule has 0 aromatic rings. The molecule has 1 heterocycles. The molecule has 0 amide bonds. The zero-order valence-corrected chi connectivity index (χ0v) is 9.84. The van der Waals surface area contributed by atoms with Crippen molar-refractivity contribution in [3.63, 3.8) is 0 Å². The van der Waals surface area contributed by atoms with Crippen LogP contribution in [-0.4, -0.2) is 23.8 Å².